The van der Waals surface area contributed by atoms with E-state index in [1.54, 1.807) is 19.1 Å². The van der Waals surface area contributed by atoms with Crippen molar-refractivity contribution in [2.45, 2.75) is 24.5 Å². The van der Waals surface area contributed by atoms with E-state index in [9.17, 15) is 9.59 Å². The quantitative estimate of drug-likeness (QED) is 0.483. The molecule has 16 heavy (non-hydrogen) atoms. The highest BCUT2D eigenvalue weighted by Crippen LogP contribution is 2.52. The van der Waals surface area contributed by atoms with Crippen molar-refractivity contribution < 1.29 is 19.4 Å². The Labute approximate surface area is 91.8 Å². The van der Waals surface area contributed by atoms with Gasteiger partial charge in [0.25, 0.3) is 11.8 Å². The smallest absolute Gasteiger partial charge is 0.257 e. The van der Waals surface area contributed by atoms with Crippen molar-refractivity contribution in [1.29, 1.82) is 0 Å². The van der Waals surface area contributed by atoms with Gasteiger partial charge in [-0.05, 0) is 19.1 Å². The van der Waals surface area contributed by atoms with Crippen molar-refractivity contribution in [2.24, 2.45) is 0 Å². The first-order chi connectivity index (χ1) is 7.52. The number of hydrogen-bond acceptors (Lipinski definition) is 4. The van der Waals surface area contributed by atoms with Crippen LogP contribution in [0.5, 0.6) is 0 Å². The number of rotatable bonds is 2. The molecule has 2 N–H and O–H groups in total. The van der Waals surface area contributed by atoms with Crippen LogP contribution in [0.1, 0.15) is 13.3 Å². The molecule has 2 bridgehead atoms. The first-order valence-corrected chi connectivity index (χ1v) is 5.15. The molecule has 5 nitrogen and oxygen atoms in total. The van der Waals surface area contributed by atoms with Gasteiger partial charge >= 0.3 is 0 Å². The molecule has 84 valence electrons. The normalized spacial score (nSPS) is 39.6. The summed E-state index contributed by atoms with van der Waals surface area (Å²) < 4.78 is 5.77. The fourth-order valence-corrected chi connectivity index (χ4v) is 2.77. The van der Waals surface area contributed by atoms with Crippen LogP contribution in [0.4, 0.5) is 0 Å². The molecular formula is C11H11NO4. The number of imide groups is 1. The lowest BCUT2D eigenvalue weighted by atomic mass is 9.82. The van der Waals surface area contributed by atoms with Crippen LogP contribution in [0.2, 0.25) is 0 Å². The lowest BCUT2D eigenvalue weighted by molar-refractivity contribution is -0.128. The molecule has 2 atom stereocenters. The zero-order valence-electron chi connectivity index (χ0n) is 8.74. The number of ether oxygens (including phenoxy) is 1. The highest BCUT2D eigenvalue weighted by Gasteiger charge is 2.61. The molecule has 3 rings (SSSR count). The Morgan fingerprint density at radius 2 is 2.00 bits per heavy atom. The van der Waals surface area contributed by atoms with Crippen molar-refractivity contribution in [3.8, 4) is 0 Å². The van der Waals surface area contributed by atoms with Crippen molar-refractivity contribution >= 4 is 11.8 Å². The van der Waals surface area contributed by atoms with Gasteiger partial charge in [-0.2, -0.15) is 0 Å². The van der Waals surface area contributed by atoms with Crippen LogP contribution in [0.15, 0.2) is 23.3 Å². The lowest BCUT2D eigenvalue weighted by Gasteiger charge is -2.25. The monoisotopic (exact) mass is 221 g/mol. The molecule has 2 unspecified atom stereocenters. The zero-order valence-corrected chi connectivity index (χ0v) is 8.74. The molecule has 0 fully saturated rings. The van der Waals surface area contributed by atoms with Gasteiger partial charge < -0.3 is 9.84 Å². The van der Waals surface area contributed by atoms with E-state index >= 15 is 0 Å². The summed E-state index contributed by atoms with van der Waals surface area (Å²) in [6.45, 7) is 1.65. The van der Waals surface area contributed by atoms with Crippen LogP contribution in [-0.2, 0) is 14.3 Å². The van der Waals surface area contributed by atoms with Crippen LogP contribution in [0.3, 0.4) is 0 Å². The number of aliphatic hydroxyl groups is 1. The maximum absolute atomic E-state index is 11.7. The minimum atomic E-state index is -0.908. The molecule has 0 aromatic rings. The minimum Gasteiger partial charge on any atom is -0.396 e. The number of carbonyl (C=O) groups is 2. The summed E-state index contributed by atoms with van der Waals surface area (Å²) >= 11 is 0. The van der Waals surface area contributed by atoms with E-state index in [2.05, 4.69) is 5.32 Å². The first kappa shape index (κ1) is 9.74. The largest absolute Gasteiger partial charge is 0.396 e. The van der Waals surface area contributed by atoms with E-state index in [4.69, 9.17) is 9.84 Å². The van der Waals surface area contributed by atoms with E-state index in [1.807, 2.05) is 0 Å². The summed E-state index contributed by atoms with van der Waals surface area (Å²) in [6.07, 6.45) is 3.83. The average molecular weight is 221 g/mol. The molecule has 0 spiro atoms. The van der Waals surface area contributed by atoms with Crippen LogP contribution in [0, 0.1) is 0 Å². The van der Waals surface area contributed by atoms with Crippen molar-refractivity contribution in [2.75, 3.05) is 6.61 Å². The van der Waals surface area contributed by atoms with E-state index in [-0.39, 0.29) is 12.5 Å². The Bertz CT molecular complexity index is 478. The van der Waals surface area contributed by atoms with E-state index < -0.39 is 17.1 Å². The number of aliphatic hydroxyl groups excluding tert-OH is 1. The molecule has 0 aromatic carbocycles. The second kappa shape index (κ2) is 2.61. The van der Waals surface area contributed by atoms with Gasteiger partial charge in [-0.1, -0.05) is 0 Å². The maximum atomic E-state index is 11.7. The summed E-state index contributed by atoms with van der Waals surface area (Å²) in [5.74, 6) is -0.784. The lowest BCUT2D eigenvalue weighted by Crippen LogP contribution is -2.39. The van der Waals surface area contributed by atoms with Gasteiger partial charge in [-0.3, -0.25) is 14.9 Å². The van der Waals surface area contributed by atoms with Gasteiger partial charge in [0.2, 0.25) is 0 Å². The third-order valence-electron chi connectivity index (χ3n) is 3.40. The standard InChI is InChI=1S/C11H11NO4/c1-10-2-3-11(16-10,4-5-13)7-6(10)8(14)12-9(7)15/h2-3,13H,4-5H2,1H3,(H,12,14,15). The molecule has 3 aliphatic rings. The summed E-state index contributed by atoms with van der Waals surface area (Å²) in [6, 6.07) is 0. The van der Waals surface area contributed by atoms with Crippen molar-refractivity contribution in [3.63, 3.8) is 0 Å². The molecule has 0 saturated heterocycles. The van der Waals surface area contributed by atoms with Crippen LogP contribution >= 0.6 is 0 Å². The predicted molar refractivity (Wildman–Crippen MR) is 53.2 cm³/mol. The molecule has 5 heteroatoms. The Morgan fingerprint density at radius 3 is 2.69 bits per heavy atom. The molecule has 0 aliphatic carbocycles. The fraction of sp³-hybridized carbons (Fsp3) is 0.455. The molecule has 3 heterocycles. The Kier molecular flexibility index (Phi) is 1.59. The van der Waals surface area contributed by atoms with Gasteiger partial charge in [0.15, 0.2) is 0 Å². The van der Waals surface area contributed by atoms with Crippen LogP contribution < -0.4 is 5.32 Å². The van der Waals surface area contributed by atoms with E-state index in [0.717, 1.165) is 0 Å². The van der Waals surface area contributed by atoms with E-state index in [0.29, 0.717) is 17.6 Å². The van der Waals surface area contributed by atoms with Gasteiger partial charge in [0.1, 0.15) is 11.2 Å². The summed E-state index contributed by atoms with van der Waals surface area (Å²) in [5, 5.41) is 11.3. The Balaban J connectivity index is 2.18. The first-order valence-electron chi connectivity index (χ1n) is 5.15. The molecule has 3 aliphatic heterocycles. The maximum Gasteiger partial charge on any atom is 0.257 e. The van der Waals surface area contributed by atoms with Crippen LogP contribution in [0.25, 0.3) is 0 Å². The van der Waals surface area contributed by atoms with Gasteiger partial charge in [0.05, 0.1) is 11.1 Å². The average Bonchev–Trinajstić information content (AvgIpc) is 2.76. The fourth-order valence-electron chi connectivity index (χ4n) is 2.77. The predicted octanol–water partition coefficient (Wildman–Crippen LogP) is -0.581. The number of amides is 2. The van der Waals surface area contributed by atoms with Crippen LogP contribution in [-0.4, -0.2) is 34.7 Å². The van der Waals surface area contributed by atoms with Gasteiger partial charge in [-0.15, -0.1) is 0 Å². The third kappa shape index (κ3) is 0.881. The minimum absolute atomic E-state index is 0.0985. The summed E-state index contributed by atoms with van der Waals surface area (Å²) in [5.41, 5.74) is -0.958. The van der Waals surface area contributed by atoms with Crippen molar-refractivity contribution in [1.82, 2.24) is 5.32 Å². The molecule has 0 saturated carbocycles. The van der Waals surface area contributed by atoms with Gasteiger partial charge in [-0.25, -0.2) is 0 Å². The second-order valence-corrected chi connectivity index (χ2v) is 4.44. The zero-order chi connectivity index (χ0) is 11.6. The highest BCUT2D eigenvalue weighted by molar-refractivity contribution is 6.22. The van der Waals surface area contributed by atoms with Crippen molar-refractivity contribution in [3.05, 3.63) is 23.3 Å². The molecule has 0 radical (unpaired) electrons. The Hall–Kier alpha value is -1.46. The summed E-state index contributed by atoms with van der Waals surface area (Å²) in [4.78, 5) is 23.3. The molecular weight excluding hydrogens is 210 g/mol. The van der Waals surface area contributed by atoms with Gasteiger partial charge in [0, 0.05) is 13.0 Å². The second-order valence-electron chi connectivity index (χ2n) is 4.44. The third-order valence-corrected chi connectivity index (χ3v) is 3.40. The summed E-state index contributed by atoms with van der Waals surface area (Å²) in [7, 11) is 0. The van der Waals surface area contributed by atoms with E-state index in [1.165, 1.54) is 0 Å². The Morgan fingerprint density at radius 1 is 1.31 bits per heavy atom. The molecule has 0 aromatic heterocycles. The topological polar surface area (TPSA) is 75.6 Å². The highest BCUT2D eigenvalue weighted by atomic mass is 16.5. The molecule has 2 amide bonds. The number of carbonyl (C=O) groups excluding carboxylic acids is 2. The number of fused-ring (bicyclic) bond motifs is 4. The number of nitrogens with one attached hydrogen (secondary N) is 1. The SMILES string of the molecule is CC12C=CC(CCO)(O1)C1=C2C(=O)NC1=O. The number of hydrogen-bond donors (Lipinski definition) is 2.